The minimum absolute atomic E-state index is 1.11. The van der Waals surface area contributed by atoms with E-state index in [0.29, 0.717) is 0 Å². The van der Waals surface area contributed by atoms with Crippen molar-refractivity contribution >= 4 is 0 Å². The lowest BCUT2D eigenvalue weighted by molar-refractivity contribution is 1.06. The van der Waals surface area contributed by atoms with Crippen LogP contribution in [0.3, 0.4) is 0 Å². The van der Waals surface area contributed by atoms with Crippen LogP contribution in [0.5, 0.6) is 0 Å². The fourth-order valence-electron chi connectivity index (χ4n) is 1.45. The molecule has 0 aliphatic rings. The molecule has 0 heteroatoms. The van der Waals surface area contributed by atoms with Gasteiger partial charge in [0.05, 0.1) is 0 Å². The SMILES string of the molecule is C\C=C/C=C(/C=C\C=C(/C)CC)C(C)=C(C)CC. The van der Waals surface area contributed by atoms with Crippen molar-refractivity contribution in [3.05, 3.63) is 58.7 Å². The maximum absolute atomic E-state index is 2.21. The molecule has 0 aromatic heterocycles. The Balaban J connectivity index is 5.17. The lowest BCUT2D eigenvalue weighted by Crippen LogP contribution is -1.86. The molecule has 0 spiro atoms. The second-order valence-electron chi connectivity index (χ2n) is 4.63. The molecule has 0 unspecified atom stereocenters. The van der Waals surface area contributed by atoms with Gasteiger partial charge < -0.3 is 0 Å². The zero-order valence-electron chi connectivity index (χ0n) is 12.9. The van der Waals surface area contributed by atoms with Gasteiger partial charge in [-0.25, -0.2) is 0 Å². The molecule has 0 aromatic carbocycles. The van der Waals surface area contributed by atoms with Crippen LogP contribution in [-0.2, 0) is 0 Å². The van der Waals surface area contributed by atoms with Gasteiger partial charge in [0.2, 0.25) is 0 Å². The van der Waals surface area contributed by atoms with E-state index in [4.69, 9.17) is 0 Å². The third-order valence-electron chi connectivity index (χ3n) is 3.29. The second kappa shape index (κ2) is 9.70. The summed E-state index contributed by atoms with van der Waals surface area (Å²) in [5, 5.41) is 0. The van der Waals surface area contributed by atoms with Gasteiger partial charge in [0, 0.05) is 0 Å². The van der Waals surface area contributed by atoms with E-state index in [1.165, 1.54) is 22.3 Å². The Bertz CT molecular complexity index is 384. The van der Waals surface area contributed by atoms with Crippen LogP contribution in [0.4, 0.5) is 0 Å². The monoisotopic (exact) mass is 244 g/mol. The summed E-state index contributed by atoms with van der Waals surface area (Å²) in [6, 6.07) is 0. The molecule has 100 valence electrons. The molecule has 0 bridgehead atoms. The summed E-state index contributed by atoms with van der Waals surface area (Å²) in [4.78, 5) is 0. The van der Waals surface area contributed by atoms with E-state index in [1.54, 1.807) is 0 Å². The van der Waals surface area contributed by atoms with E-state index in [-0.39, 0.29) is 0 Å². The maximum Gasteiger partial charge on any atom is -0.0228 e. The van der Waals surface area contributed by atoms with Gasteiger partial charge in [-0.2, -0.15) is 0 Å². The van der Waals surface area contributed by atoms with E-state index in [2.05, 4.69) is 71.1 Å². The van der Waals surface area contributed by atoms with Crippen molar-refractivity contribution in [1.82, 2.24) is 0 Å². The van der Waals surface area contributed by atoms with Crippen molar-refractivity contribution in [1.29, 1.82) is 0 Å². The summed E-state index contributed by atoms with van der Waals surface area (Å²) in [6.07, 6.45) is 15.1. The predicted octanol–water partition coefficient (Wildman–Crippen LogP) is 6.15. The topological polar surface area (TPSA) is 0 Å². The van der Waals surface area contributed by atoms with Crippen LogP contribution in [0.1, 0.15) is 54.4 Å². The van der Waals surface area contributed by atoms with E-state index >= 15 is 0 Å². The number of hydrogen-bond acceptors (Lipinski definition) is 0. The van der Waals surface area contributed by atoms with E-state index < -0.39 is 0 Å². The van der Waals surface area contributed by atoms with Crippen LogP contribution < -0.4 is 0 Å². The Morgan fingerprint density at radius 1 is 0.889 bits per heavy atom. The molecular weight excluding hydrogens is 216 g/mol. The molecule has 0 radical (unpaired) electrons. The zero-order chi connectivity index (χ0) is 14.0. The molecule has 0 atom stereocenters. The second-order valence-corrected chi connectivity index (χ2v) is 4.63. The largest absolute Gasteiger partial charge is 0.0876 e. The van der Waals surface area contributed by atoms with Crippen molar-refractivity contribution in [2.45, 2.75) is 54.4 Å². The van der Waals surface area contributed by atoms with Crippen LogP contribution in [-0.4, -0.2) is 0 Å². The highest BCUT2D eigenvalue weighted by Crippen LogP contribution is 2.18. The smallest absolute Gasteiger partial charge is 0.0228 e. The molecule has 18 heavy (non-hydrogen) atoms. The van der Waals surface area contributed by atoms with Crippen LogP contribution in [0.2, 0.25) is 0 Å². The summed E-state index contributed by atoms with van der Waals surface area (Å²) in [6.45, 7) is 13.0. The predicted molar refractivity (Wildman–Crippen MR) is 84.8 cm³/mol. The summed E-state index contributed by atoms with van der Waals surface area (Å²) in [7, 11) is 0. The van der Waals surface area contributed by atoms with E-state index in [1.807, 2.05) is 6.92 Å². The molecule has 0 N–H and O–H groups in total. The zero-order valence-corrected chi connectivity index (χ0v) is 12.9. The Morgan fingerprint density at radius 3 is 2.06 bits per heavy atom. The van der Waals surface area contributed by atoms with Gasteiger partial charge in [-0.05, 0) is 51.7 Å². The minimum atomic E-state index is 1.11. The molecule has 0 heterocycles. The van der Waals surface area contributed by atoms with Crippen LogP contribution in [0.15, 0.2) is 58.7 Å². The number of rotatable bonds is 6. The first-order valence-corrected chi connectivity index (χ1v) is 6.90. The number of allylic oxidation sites excluding steroid dienone is 10. The molecule has 0 saturated heterocycles. The van der Waals surface area contributed by atoms with Crippen molar-refractivity contribution in [3.8, 4) is 0 Å². The third kappa shape index (κ3) is 6.44. The molecular formula is C18H28. The van der Waals surface area contributed by atoms with Crippen LogP contribution >= 0.6 is 0 Å². The highest BCUT2D eigenvalue weighted by Gasteiger charge is 1.98. The van der Waals surface area contributed by atoms with Crippen molar-refractivity contribution < 1.29 is 0 Å². The van der Waals surface area contributed by atoms with E-state index in [9.17, 15) is 0 Å². The molecule has 0 rings (SSSR count). The fraction of sp³-hybridized carbons (Fsp3) is 0.444. The normalized spacial score (nSPS) is 15.7. The van der Waals surface area contributed by atoms with Crippen LogP contribution in [0, 0.1) is 0 Å². The quantitative estimate of drug-likeness (QED) is 0.492. The summed E-state index contributed by atoms with van der Waals surface area (Å²) in [5.41, 5.74) is 5.54. The first-order valence-electron chi connectivity index (χ1n) is 6.90. The summed E-state index contributed by atoms with van der Waals surface area (Å²) < 4.78 is 0. The standard InChI is InChI=1S/C18H28/c1-7-10-13-18(17(6)16(5)9-3)14-11-12-15(4)8-2/h7,10-14H,8-9H2,1-6H3/b10-7-,14-11-,15-12+,17-16?,18-13-. The highest BCUT2D eigenvalue weighted by atomic mass is 14.0. The average molecular weight is 244 g/mol. The lowest BCUT2D eigenvalue weighted by atomic mass is 9.99. The maximum atomic E-state index is 2.21. The summed E-state index contributed by atoms with van der Waals surface area (Å²) in [5.74, 6) is 0. The van der Waals surface area contributed by atoms with Crippen molar-refractivity contribution in [2.24, 2.45) is 0 Å². The fourth-order valence-corrected chi connectivity index (χ4v) is 1.45. The average Bonchev–Trinajstić information content (AvgIpc) is 2.40. The Labute approximate surface area is 113 Å². The number of hydrogen-bond donors (Lipinski definition) is 0. The molecule has 0 nitrogen and oxygen atoms in total. The molecule has 0 aromatic rings. The van der Waals surface area contributed by atoms with Gasteiger partial charge in [-0.3, -0.25) is 0 Å². The molecule has 0 fully saturated rings. The molecule has 0 aliphatic heterocycles. The summed E-state index contributed by atoms with van der Waals surface area (Å²) >= 11 is 0. The van der Waals surface area contributed by atoms with E-state index in [0.717, 1.165) is 12.8 Å². The third-order valence-corrected chi connectivity index (χ3v) is 3.29. The molecule has 0 amide bonds. The first-order chi connectivity index (χ1) is 8.56. The van der Waals surface area contributed by atoms with Crippen molar-refractivity contribution in [3.63, 3.8) is 0 Å². The van der Waals surface area contributed by atoms with Crippen LogP contribution in [0.25, 0.3) is 0 Å². The molecule has 0 saturated carbocycles. The Kier molecular flexibility index (Phi) is 9.00. The minimum Gasteiger partial charge on any atom is -0.0876 e. The molecule has 0 aliphatic carbocycles. The van der Waals surface area contributed by atoms with Gasteiger partial charge in [0.15, 0.2) is 0 Å². The van der Waals surface area contributed by atoms with Gasteiger partial charge in [0.1, 0.15) is 0 Å². The van der Waals surface area contributed by atoms with Gasteiger partial charge >= 0.3 is 0 Å². The Hall–Kier alpha value is -1.30. The first kappa shape index (κ1) is 16.7. The Morgan fingerprint density at radius 2 is 1.56 bits per heavy atom. The highest BCUT2D eigenvalue weighted by molar-refractivity contribution is 5.44. The lowest BCUT2D eigenvalue weighted by Gasteiger charge is -2.06. The van der Waals surface area contributed by atoms with Gasteiger partial charge in [-0.1, -0.05) is 61.4 Å². The van der Waals surface area contributed by atoms with Gasteiger partial charge in [-0.15, -0.1) is 0 Å². The van der Waals surface area contributed by atoms with Crippen molar-refractivity contribution in [2.75, 3.05) is 0 Å². The van der Waals surface area contributed by atoms with Gasteiger partial charge in [0.25, 0.3) is 0 Å².